The predicted octanol–water partition coefficient (Wildman–Crippen LogP) is 1.50. The van der Waals surface area contributed by atoms with Gasteiger partial charge in [0.1, 0.15) is 0 Å². The number of hydrogen-bond acceptors (Lipinski definition) is 7. The van der Waals surface area contributed by atoms with Crippen LogP contribution in [0.4, 0.5) is 5.13 Å². The number of nitriles is 1. The second-order valence-electron chi connectivity index (χ2n) is 6.37. The Morgan fingerprint density at radius 1 is 1.54 bits per heavy atom. The van der Waals surface area contributed by atoms with E-state index in [0.29, 0.717) is 24.3 Å². The van der Waals surface area contributed by atoms with Gasteiger partial charge < -0.3 is 15.0 Å². The number of ether oxygens (including phenoxy) is 1. The van der Waals surface area contributed by atoms with Gasteiger partial charge in [-0.25, -0.2) is 4.98 Å². The van der Waals surface area contributed by atoms with Gasteiger partial charge in [0.25, 0.3) is 0 Å². The molecule has 3 rings (SSSR count). The van der Waals surface area contributed by atoms with Crippen LogP contribution in [0, 0.1) is 17.4 Å². The molecule has 1 N–H and O–H groups in total. The van der Waals surface area contributed by atoms with Crippen molar-refractivity contribution in [2.45, 2.75) is 31.8 Å². The minimum Gasteiger partial charge on any atom is -0.383 e. The molecule has 2 fully saturated rings. The van der Waals surface area contributed by atoms with Crippen LogP contribution in [0.2, 0.25) is 0 Å². The first-order valence-corrected chi connectivity index (χ1v) is 9.14. The van der Waals surface area contributed by atoms with Crippen molar-refractivity contribution in [1.82, 2.24) is 14.8 Å². The number of nitrogens with one attached hydrogen (secondary N) is 1. The third-order valence-corrected chi connectivity index (χ3v) is 5.60. The van der Waals surface area contributed by atoms with Crippen LogP contribution in [0.3, 0.4) is 0 Å². The summed E-state index contributed by atoms with van der Waals surface area (Å²) in [7, 11) is 1.74. The summed E-state index contributed by atoms with van der Waals surface area (Å²) in [6.07, 6.45) is 7.04. The molecule has 1 aromatic heterocycles. The number of thiazole rings is 1. The van der Waals surface area contributed by atoms with Crippen molar-refractivity contribution in [2.75, 3.05) is 38.7 Å². The van der Waals surface area contributed by atoms with E-state index in [1.54, 1.807) is 12.0 Å². The molecule has 7 nitrogen and oxygen atoms in total. The monoisotopic (exact) mass is 349 g/mol. The number of aromatic nitrogens is 1. The quantitative estimate of drug-likeness (QED) is 0.784. The van der Waals surface area contributed by atoms with E-state index >= 15 is 0 Å². The van der Waals surface area contributed by atoms with Crippen LogP contribution in [0.25, 0.3) is 0 Å². The maximum atomic E-state index is 12.3. The minimum absolute atomic E-state index is 0.0351. The Morgan fingerprint density at radius 3 is 3.17 bits per heavy atom. The number of likely N-dealkylation sites (tertiary alicyclic amines) is 2. The van der Waals surface area contributed by atoms with Gasteiger partial charge in [-0.05, 0) is 25.8 Å². The van der Waals surface area contributed by atoms with Crippen LogP contribution in [0.5, 0.6) is 0 Å². The van der Waals surface area contributed by atoms with Crippen LogP contribution in [-0.4, -0.2) is 60.1 Å². The van der Waals surface area contributed by atoms with E-state index < -0.39 is 0 Å². The van der Waals surface area contributed by atoms with Crippen molar-refractivity contribution in [3.05, 3.63) is 11.1 Å². The summed E-state index contributed by atoms with van der Waals surface area (Å²) >= 11 is 1.53. The van der Waals surface area contributed by atoms with Gasteiger partial charge in [0.05, 0.1) is 12.5 Å². The summed E-state index contributed by atoms with van der Waals surface area (Å²) < 4.78 is 5.29. The van der Waals surface area contributed by atoms with E-state index in [9.17, 15) is 4.79 Å². The number of carbonyl (C=O) groups is 1. The molecule has 8 heteroatoms. The Labute approximate surface area is 146 Å². The highest BCUT2D eigenvalue weighted by Crippen LogP contribution is 2.26. The summed E-state index contributed by atoms with van der Waals surface area (Å²) in [4.78, 5) is 21.8. The lowest BCUT2D eigenvalue weighted by molar-refractivity contribution is -0.119. The maximum Gasteiger partial charge on any atom is 0.231 e. The van der Waals surface area contributed by atoms with Crippen molar-refractivity contribution in [3.8, 4) is 6.19 Å². The highest BCUT2D eigenvalue weighted by Gasteiger charge is 2.28. The highest BCUT2D eigenvalue weighted by atomic mass is 32.1. The molecular formula is C16H23N5O2S. The van der Waals surface area contributed by atoms with E-state index in [-0.39, 0.29) is 11.8 Å². The fourth-order valence-electron chi connectivity index (χ4n) is 3.40. The number of methoxy groups -OCH3 is 1. The van der Waals surface area contributed by atoms with Gasteiger partial charge in [-0.2, -0.15) is 5.26 Å². The van der Waals surface area contributed by atoms with Gasteiger partial charge in [0, 0.05) is 43.9 Å². The van der Waals surface area contributed by atoms with E-state index in [4.69, 9.17) is 10.00 Å². The molecule has 1 amide bonds. The number of hydrogen-bond donors (Lipinski definition) is 1. The molecule has 0 bridgehead atoms. The standard InChI is InChI=1S/C16H23N5O2S/c1-23-10-13-3-2-5-21(13)9-14-7-18-16(24-14)19-15(22)12-4-6-20(8-12)11-17/h7,12-13H,2-6,8-10H2,1H3,(H,18,19,22)/t12-,13-/m0/s1. The van der Waals surface area contributed by atoms with Gasteiger partial charge >= 0.3 is 0 Å². The SMILES string of the molecule is COC[C@@H]1CCCN1Cc1cnc(NC(=O)[C@H]2CCN(C#N)C2)s1. The van der Waals surface area contributed by atoms with Crippen molar-refractivity contribution < 1.29 is 9.53 Å². The van der Waals surface area contributed by atoms with Crippen LogP contribution >= 0.6 is 11.3 Å². The van der Waals surface area contributed by atoms with E-state index in [1.807, 2.05) is 6.20 Å². The third-order valence-electron chi connectivity index (χ3n) is 4.70. The zero-order valence-corrected chi connectivity index (χ0v) is 14.7. The average Bonchev–Trinajstić information content (AvgIpc) is 3.30. The molecule has 2 saturated heterocycles. The Bertz CT molecular complexity index is 614. The summed E-state index contributed by atoms with van der Waals surface area (Å²) in [6.45, 7) is 3.87. The molecule has 2 atom stereocenters. The summed E-state index contributed by atoms with van der Waals surface area (Å²) in [5, 5.41) is 12.4. The summed E-state index contributed by atoms with van der Waals surface area (Å²) in [5.41, 5.74) is 0. The molecule has 0 aliphatic carbocycles. The van der Waals surface area contributed by atoms with Gasteiger partial charge in [0.15, 0.2) is 11.3 Å². The molecular weight excluding hydrogens is 326 g/mol. The van der Waals surface area contributed by atoms with Crippen LogP contribution < -0.4 is 5.32 Å². The lowest BCUT2D eigenvalue weighted by Gasteiger charge is -2.22. The van der Waals surface area contributed by atoms with Crippen LogP contribution in [0.15, 0.2) is 6.20 Å². The van der Waals surface area contributed by atoms with Crippen molar-refractivity contribution >= 4 is 22.4 Å². The summed E-state index contributed by atoms with van der Waals surface area (Å²) in [5.74, 6) is -0.159. The average molecular weight is 349 g/mol. The number of amides is 1. The Kier molecular flexibility index (Phi) is 5.66. The third kappa shape index (κ3) is 4.04. The molecule has 0 unspecified atom stereocenters. The fourth-order valence-corrected chi connectivity index (χ4v) is 4.24. The zero-order valence-electron chi connectivity index (χ0n) is 13.9. The Balaban J connectivity index is 1.52. The van der Waals surface area contributed by atoms with E-state index in [2.05, 4.69) is 21.4 Å². The number of anilines is 1. The van der Waals surface area contributed by atoms with Gasteiger partial charge in [-0.15, -0.1) is 11.3 Å². The highest BCUT2D eigenvalue weighted by molar-refractivity contribution is 7.15. The predicted molar refractivity (Wildman–Crippen MR) is 91.3 cm³/mol. The van der Waals surface area contributed by atoms with Crippen LogP contribution in [0.1, 0.15) is 24.1 Å². The van der Waals surface area contributed by atoms with Gasteiger partial charge in [-0.3, -0.25) is 9.69 Å². The van der Waals surface area contributed by atoms with Crippen LogP contribution in [-0.2, 0) is 16.1 Å². The van der Waals surface area contributed by atoms with Crippen molar-refractivity contribution in [3.63, 3.8) is 0 Å². The largest absolute Gasteiger partial charge is 0.383 e. The van der Waals surface area contributed by atoms with Gasteiger partial charge in [0.2, 0.25) is 5.91 Å². The normalized spacial score (nSPS) is 24.2. The number of carbonyl (C=O) groups excluding carboxylic acids is 1. The number of rotatable bonds is 6. The lowest BCUT2D eigenvalue weighted by atomic mass is 10.1. The van der Waals surface area contributed by atoms with Crippen molar-refractivity contribution in [2.24, 2.45) is 5.92 Å². The molecule has 0 saturated carbocycles. The fraction of sp³-hybridized carbons (Fsp3) is 0.688. The molecule has 2 aliphatic rings. The zero-order chi connectivity index (χ0) is 16.9. The Hall–Kier alpha value is -1.69. The first-order chi connectivity index (χ1) is 11.7. The molecule has 1 aromatic rings. The lowest BCUT2D eigenvalue weighted by Crippen LogP contribution is -2.32. The molecule has 24 heavy (non-hydrogen) atoms. The van der Waals surface area contributed by atoms with E-state index in [0.717, 1.165) is 31.0 Å². The first kappa shape index (κ1) is 17.1. The smallest absolute Gasteiger partial charge is 0.231 e. The minimum atomic E-state index is -0.123. The maximum absolute atomic E-state index is 12.3. The van der Waals surface area contributed by atoms with E-state index in [1.165, 1.54) is 24.2 Å². The topological polar surface area (TPSA) is 81.5 Å². The molecule has 3 heterocycles. The summed E-state index contributed by atoms with van der Waals surface area (Å²) in [6, 6.07) is 0.477. The Morgan fingerprint density at radius 2 is 2.42 bits per heavy atom. The molecule has 2 aliphatic heterocycles. The second-order valence-corrected chi connectivity index (χ2v) is 7.49. The first-order valence-electron chi connectivity index (χ1n) is 8.33. The van der Waals surface area contributed by atoms with Gasteiger partial charge in [-0.1, -0.05) is 0 Å². The molecule has 0 radical (unpaired) electrons. The second kappa shape index (κ2) is 7.92. The number of nitrogens with zero attached hydrogens (tertiary/aromatic N) is 4. The molecule has 0 aromatic carbocycles. The molecule has 0 spiro atoms. The molecule has 130 valence electrons. The van der Waals surface area contributed by atoms with Crippen molar-refractivity contribution in [1.29, 1.82) is 5.26 Å².